The number of benzene rings is 3. The zero-order valence-electron chi connectivity index (χ0n) is 12.6. The molecule has 1 heteroatoms. The van der Waals surface area contributed by atoms with E-state index in [2.05, 4.69) is 91.5 Å². The molecule has 0 bridgehead atoms. The van der Waals surface area contributed by atoms with Crippen LogP contribution in [0.1, 0.15) is 23.0 Å². The standard InChI is InChI=1S/C22H16S/c23-15-10-12-20-21(13-15)18-8-4-3-7-17(18)19-11-9-14-5-1-2-6-16(14)22(19)20/h1-13,17-18,23H. The molecule has 0 heterocycles. The molecule has 2 aliphatic carbocycles. The van der Waals surface area contributed by atoms with Gasteiger partial charge < -0.3 is 0 Å². The van der Waals surface area contributed by atoms with Crippen molar-refractivity contribution >= 4 is 23.4 Å². The highest BCUT2D eigenvalue weighted by atomic mass is 32.1. The molecule has 3 aromatic carbocycles. The molecular formula is C22H16S. The number of hydrogen-bond acceptors (Lipinski definition) is 1. The van der Waals surface area contributed by atoms with Gasteiger partial charge in [0.15, 0.2) is 0 Å². The maximum absolute atomic E-state index is 4.58. The first-order valence-electron chi connectivity index (χ1n) is 8.03. The third-order valence-corrected chi connectivity index (χ3v) is 5.40. The van der Waals surface area contributed by atoms with Crippen LogP contribution < -0.4 is 0 Å². The molecule has 0 nitrogen and oxygen atoms in total. The fraction of sp³-hybridized carbons (Fsp3) is 0.0909. The van der Waals surface area contributed by atoms with Crippen LogP contribution in [0.4, 0.5) is 0 Å². The average molecular weight is 312 g/mol. The minimum absolute atomic E-state index is 0.413. The van der Waals surface area contributed by atoms with Gasteiger partial charge in [0.05, 0.1) is 0 Å². The van der Waals surface area contributed by atoms with E-state index in [0.29, 0.717) is 11.8 Å². The second-order valence-corrected chi connectivity index (χ2v) is 6.86. The summed E-state index contributed by atoms with van der Waals surface area (Å²) in [5, 5.41) is 2.65. The smallest absolute Gasteiger partial charge is 0.0131 e. The number of rotatable bonds is 0. The van der Waals surface area contributed by atoms with Crippen LogP contribution in [0.25, 0.3) is 21.9 Å². The van der Waals surface area contributed by atoms with Crippen LogP contribution in [0.3, 0.4) is 0 Å². The summed E-state index contributed by atoms with van der Waals surface area (Å²) in [6, 6.07) is 19.9. The summed E-state index contributed by atoms with van der Waals surface area (Å²) in [5.74, 6) is 0.831. The van der Waals surface area contributed by atoms with Crippen LogP contribution in [-0.2, 0) is 0 Å². The Balaban J connectivity index is 1.93. The fourth-order valence-corrected chi connectivity index (χ4v) is 4.34. The van der Waals surface area contributed by atoms with Gasteiger partial charge in [0.25, 0.3) is 0 Å². The van der Waals surface area contributed by atoms with Crippen LogP contribution in [0.15, 0.2) is 83.8 Å². The number of allylic oxidation sites excluding steroid dienone is 4. The molecule has 0 saturated carbocycles. The zero-order valence-corrected chi connectivity index (χ0v) is 13.5. The highest BCUT2D eigenvalue weighted by molar-refractivity contribution is 7.80. The van der Waals surface area contributed by atoms with E-state index in [1.54, 1.807) is 0 Å². The first kappa shape index (κ1) is 13.2. The lowest BCUT2D eigenvalue weighted by atomic mass is 9.69. The van der Waals surface area contributed by atoms with Crippen molar-refractivity contribution in [3.05, 3.63) is 90.0 Å². The van der Waals surface area contributed by atoms with Crippen molar-refractivity contribution in [1.29, 1.82) is 0 Å². The molecule has 0 N–H and O–H groups in total. The maximum atomic E-state index is 4.58. The van der Waals surface area contributed by atoms with Crippen LogP contribution in [-0.4, -0.2) is 0 Å². The van der Waals surface area contributed by atoms with Crippen molar-refractivity contribution in [3.8, 4) is 11.1 Å². The van der Waals surface area contributed by atoms with Gasteiger partial charge in [0.2, 0.25) is 0 Å². The average Bonchev–Trinajstić information content (AvgIpc) is 2.61. The molecule has 110 valence electrons. The third-order valence-electron chi connectivity index (χ3n) is 5.12. The predicted molar refractivity (Wildman–Crippen MR) is 100 cm³/mol. The van der Waals surface area contributed by atoms with Gasteiger partial charge >= 0.3 is 0 Å². The summed E-state index contributed by atoms with van der Waals surface area (Å²) >= 11 is 4.58. The monoisotopic (exact) mass is 312 g/mol. The van der Waals surface area contributed by atoms with E-state index in [9.17, 15) is 0 Å². The van der Waals surface area contributed by atoms with Crippen molar-refractivity contribution in [2.75, 3.05) is 0 Å². The minimum Gasteiger partial charge on any atom is -0.143 e. The molecule has 0 aromatic heterocycles. The number of thiol groups is 1. The SMILES string of the molecule is Sc1ccc2c(c1)C1C=CC=CC1c1ccc3ccccc3c1-2. The molecule has 2 aliphatic rings. The Morgan fingerprint density at radius 2 is 1.52 bits per heavy atom. The Kier molecular flexibility index (Phi) is 2.80. The quantitative estimate of drug-likeness (QED) is 0.476. The Bertz CT molecular complexity index is 994. The molecule has 3 aromatic rings. The molecule has 0 radical (unpaired) electrons. The van der Waals surface area contributed by atoms with Gasteiger partial charge in [-0.3, -0.25) is 0 Å². The van der Waals surface area contributed by atoms with Gasteiger partial charge in [0.1, 0.15) is 0 Å². The molecule has 5 rings (SSSR count). The van der Waals surface area contributed by atoms with E-state index in [1.807, 2.05) is 0 Å². The van der Waals surface area contributed by atoms with Crippen molar-refractivity contribution in [2.24, 2.45) is 0 Å². The molecule has 23 heavy (non-hydrogen) atoms. The molecule has 2 unspecified atom stereocenters. The molecular weight excluding hydrogens is 296 g/mol. The Morgan fingerprint density at radius 3 is 2.39 bits per heavy atom. The van der Waals surface area contributed by atoms with Crippen molar-refractivity contribution in [2.45, 2.75) is 16.7 Å². The first-order chi connectivity index (χ1) is 11.3. The third kappa shape index (κ3) is 1.87. The summed E-state index contributed by atoms with van der Waals surface area (Å²) in [7, 11) is 0. The van der Waals surface area contributed by atoms with E-state index in [1.165, 1.54) is 33.0 Å². The Labute approximate surface area is 141 Å². The molecule has 0 fully saturated rings. The summed E-state index contributed by atoms with van der Waals surface area (Å²) in [6.45, 7) is 0. The van der Waals surface area contributed by atoms with Crippen LogP contribution in [0.5, 0.6) is 0 Å². The summed E-state index contributed by atoms with van der Waals surface area (Å²) in [6.07, 6.45) is 9.01. The molecule has 0 aliphatic heterocycles. The summed E-state index contributed by atoms with van der Waals surface area (Å²) in [5.41, 5.74) is 5.59. The zero-order chi connectivity index (χ0) is 15.4. The van der Waals surface area contributed by atoms with E-state index in [0.717, 1.165) is 4.90 Å². The van der Waals surface area contributed by atoms with E-state index in [4.69, 9.17) is 0 Å². The van der Waals surface area contributed by atoms with Gasteiger partial charge in [0, 0.05) is 16.7 Å². The van der Waals surface area contributed by atoms with Gasteiger partial charge in [-0.2, -0.15) is 0 Å². The second-order valence-electron chi connectivity index (χ2n) is 6.34. The summed E-state index contributed by atoms with van der Waals surface area (Å²) in [4.78, 5) is 1.04. The number of hydrogen-bond donors (Lipinski definition) is 1. The minimum atomic E-state index is 0.413. The number of fused-ring (bicyclic) bond motifs is 8. The summed E-state index contributed by atoms with van der Waals surface area (Å²) < 4.78 is 0. The fourth-order valence-electron chi connectivity index (χ4n) is 4.12. The van der Waals surface area contributed by atoms with Gasteiger partial charge in [-0.1, -0.05) is 66.8 Å². The molecule has 0 spiro atoms. The lowest BCUT2D eigenvalue weighted by molar-refractivity contribution is 0.719. The largest absolute Gasteiger partial charge is 0.143 e. The van der Waals surface area contributed by atoms with Crippen LogP contribution >= 0.6 is 12.6 Å². The molecule has 0 amide bonds. The van der Waals surface area contributed by atoms with Gasteiger partial charge in [-0.05, 0) is 45.2 Å². The van der Waals surface area contributed by atoms with Crippen LogP contribution in [0, 0.1) is 0 Å². The van der Waals surface area contributed by atoms with Crippen LogP contribution in [0.2, 0.25) is 0 Å². The second kappa shape index (κ2) is 4.87. The Morgan fingerprint density at radius 1 is 0.739 bits per heavy atom. The van der Waals surface area contributed by atoms with Gasteiger partial charge in [-0.25, -0.2) is 0 Å². The van der Waals surface area contributed by atoms with Crippen molar-refractivity contribution in [3.63, 3.8) is 0 Å². The van der Waals surface area contributed by atoms with E-state index >= 15 is 0 Å². The topological polar surface area (TPSA) is 0 Å². The van der Waals surface area contributed by atoms with Gasteiger partial charge in [-0.15, -0.1) is 12.6 Å². The van der Waals surface area contributed by atoms with E-state index < -0.39 is 0 Å². The first-order valence-corrected chi connectivity index (χ1v) is 8.47. The maximum Gasteiger partial charge on any atom is 0.0131 e. The highest BCUT2D eigenvalue weighted by Gasteiger charge is 2.32. The highest BCUT2D eigenvalue weighted by Crippen LogP contribution is 2.51. The van der Waals surface area contributed by atoms with Crippen molar-refractivity contribution in [1.82, 2.24) is 0 Å². The van der Waals surface area contributed by atoms with Crippen molar-refractivity contribution < 1.29 is 0 Å². The normalized spacial score (nSPS) is 20.9. The Hall–Kier alpha value is -2.25. The predicted octanol–water partition coefficient (Wildman–Crippen LogP) is 6.10. The lowest BCUT2D eigenvalue weighted by Gasteiger charge is -2.34. The molecule has 2 atom stereocenters. The van der Waals surface area contributed by atoms with E-state index in [-0.39, 0.29) is 0 Å². The molecule has 0 saturated heterocycles. The lowest BCUT2D eigenvalue weighted by Crippen LogP contribution is -2.16.